The van der Waals surface area contributed by atoms with Crippen LogP contribution in [0.3, 0.4) is 0 Å². The van der Waals surface area contributed by atoms with Crippen molar-refractivity contribution in [1.82, 2.24) is 10.2 Å². The Kier molecular flexibility index (Phi) is 7.76. The summed E-state index contributed by atoms with van der Waals surface area (Å²) in [6.07, 6.45) is 2.93. The predicted molar refractivity (Wildman–Crippen MR) is 146 cm³/mol. The van der Waals surface area contributed by atoms with E-state index in [0.717, 1.165) is 66.5 Å². The van der Waals surface area contributed by atoms with E-state index in [1.54, 1.807) is 18.1 Å². The fraction of sp³-hybridized carbons (Fsp3) is 0.483. The predicted octanol–water partition coefficient (Wildman–Crippen LogP) is 3.05. The van der Waals surface area contributed by atoms with Gasteiger partial charge in [-0.3, -0.25) is 19.5 Å². The lowest BCUT2D eigenvalue weighted by molar-refractivity contribution is -0.759. The van der Waals surface area contributed by atoms with Crippen LogP contribution in [0.15, 0.2) is 41.1 Å². The van der Waals surface area contributed by atoms with Gasteiger partial charge in [-0.1, -0.05) is 30.3 Å². The van der Waals surface area contributed by atoms with Gasteiger partial charge in [0, 0.05) is 38.7 Å². The molecule has 3 heterocycles. The average molecular weight is 537 g/mol. The second-order valence-electron chi connectivity index (χ2n) is 10.6. The van der Waals surface area contributed by atoms with Crippen molar-refractivity contribution < 1.29 is 28.3 Å². The quantitative estimate of drug-likeness (QED) is 0.347. The molecule has 39 heavy (non-hydrogen) atoms. The molecule has 0 saturated carbocycles. The number of benzene rings is 2. The molecule has 0 bridgehead atoms. The van der Waals surface area contributed by atoms with E-state index in [-0.39, 0.29) is 18.6 Å². The Morgan fingerprint density at radius 1 is 1.10 bits per heavy atom. The van der Waals surface area contributed by atoms with Gasteiger partial charge in [0.1, 0.15) is 11.5 Å². The Morgan fingerprint density at radius 2 is 1.85 bits per heavy atom. The Hall–Kier alpha value is -3.63. The van der Waals surface area contributed by atoms with E-state index in [4.69, 9.17) is 18.7 Å². The number of amides is 1. The molecule has 1 amide bonds. The third kappa shape index (κ3) is 5.58. The monoisotopic (exact) mass is 536 g/mol. The minimum atomic E-state index is -1.05. The molecule has 1 fully saturated rings. The molecule has 5 rings (SSSR count). The van der Waals surface area contributed by atoms with Crippen LogP contribution in [0.25, 0.3) is 0 Å². The average Bonchev–Trinajstić information content (AvgIpc) is 3.41. The molecule has 10 nitrogen and oxygen atoms in total. The molecule has 0 radical (unpaired) electrons. The highest BCUT2D eigenvalue weighted by Crippen LogP contribution is 2.44. The molecular weight excluding hydrogens is 498 g/mol. The van der Waals surface area contributed by atoms with E-state index in [1.165, 1.54) is 5.56 Å². The summed E-state index contributed by atoms with van der Waals surface area (Å²) in [5, 5.41) is 9.13. The Bertz CT molecular complexity index is 1320. The molecule has 2 aromatic carbocycles. The number of nitrogens with one attached hydrogen (secondary N) is 1. The van der Waals surface area contributed by atoms with Gasteiger partial charge >= 0.3 is 5.88 Å². The summed E-state index contributed by atoms with van der Waals surface area (Å²) < 4.78 is 22.8. The van der Waals surface area contributed by atoms with Gasteiger partial charge < -0.3 is 14.2 Å². The highest BCUT2D eigenvalue weighted by atomic mass is 16.7. The zero-order valence-electron chi connectivity index (χ0n) is 23.5. The van der Waals surface area contributed by atoms with Crippen LogP contribution >= 0.6 is 0 Å². The molecule has 1 unspecified atom stereocenters. The minimum absolute atomic E-state index is 0.182. The SMILES string of the molecule is COCOc1c(C)c(C)c2c(c1C)CCC(C)(C(=O)Nc1c[n+](N3CCN(Cc4ccccc4)CC3)no1)O2. The van der Waals surface area contributed by atoms with Crippen LogP contribution in [-0.2, 0) is 22.5 Å². The number of hydrogen-bond donors (Lipinski definition) is 1. The number of piperazine rings is 1. The van der Waals surface area contributed by atoms with Crippen molar-refractivity contribution in [3.8, 4) is 11.5 Å². The Morgan fingerprint density at radius 3 is 2.56 bits per heavy atom. The van der Waals surface area contributed by atoms with E-state index in [0.29, 0.717) is 12.8 Å². The first-order valence-corrected chi connectivity index (χ1v) is 13.4. The smallest absolute Gasteiger partial charge is 0.305 e. The Balaban J connectivity index is 1.21. The van der Waals surface area contributed by atoms with E-state index < -0.39 is 5.60 Å². The fourth-order valence-corrected chi connectivity index (χ4v) is 5.34. The van der Waals surface area contributed by atoms with Crippen molar-refractivity contribution in [2.45, 2.75) is 52.7 Å². The second-order valence-corrected chi connectivity index (χ2v) is 10.6. The molecule has 0 spiro atoms. The topological polar surface area (TPSA) is 93.2 Å². The van der Waals surface area contributed by atoms with E-state index in [1.807, 2.05) is 33.8 Å². The lowest BCUT2D eigenvalue weighted by Crippen LogP contribution is -2.65. The number of fused-ring (bicyclic) bond motifs is 1. The number of hydrogen-bond acceptors (Lipinski definition) is 8. The van der Waals surface area contributed by atoms with E-state index in [2.05, 4.69) is 44.8 Å². The lowest BCUT2D eigenvalue weighted by Gasteiger charge is -2.36. The van der Waals surface area contributed by atoms with Gasteiger partial charge in [-0.25, -0.2) is 0 Å². The molecule has 10 heteroatoms. The minimum Gasteiger partial charge on any atom is -0.477 e. The van der Waals surface area contributed by atoms with Crippen molar-refractivity contribution in [2.24, 2.45) is 0 Å². The van der Waals surface area contributed by atoms with Crippen LogP contribution in [0.5, 0.6) is 11.5 Å². The summed E-state index contributed by atoms with van der Waals surface area (Å²) in [5.74, 6) is 1.59. The highest BCUT2D eigenvalue weighted by molar-refractivity contribution is 5.96. The maximum atomic E-state index is 13.4. The van der Waals surface area contributed by atoms with Crippen molar-refractivity contribution in [3.05, 3.63) is 64.3 Å². The Labute approximate surface area is 229 Å². The van der Waals surface area contributed by atoms with Gasteiger partial charge in [0.15, 0.2) is 12.4 Å². The molecule has 1 atom stereocenters. The number of aromatic nitrogens is 2. The summed E-state index contributed by atoms with van der Waals surface area (Å²) in [5.41, 5.74) is 4.29. The zero-order valence-corrected chi connectivity index (χ0v) is 23.5. The largest absolute Gasteiger partial charge is 0.477 e. The summed E-state index contributed by atoms with van der Waals surface area (Å²) in [4.78, 5) is 17.5. The number of nitrogens with zero attached hydrogens (tertiary/aromatic N) is 4. The van der Waals surface area contributed by atoms with Gasteiger partial charge in [0.05, 0.1) is 17.9 Å². The summed E-state index contributed by atoms with van der Waals surface area (Å²) in [7, 11) is 1.60. The molecule has 0 aliphatic carbocycles. The zero-order chi connectivity index (χ0) is 27.6. The third-order valence-corrected chi connectivity index (χ3v) is 7.87. The van der Waals surface area contributed by atoms with Crippen LogP contribution in [0.4, 0.5) is 5.88 Å². The number of carbonyl (C=O) groups excluding carboxylic acids is 1. The van der Waals surface area contributed by atoms with Crippen molar-refractivity contribution in [1.29, 1.82) is 0 Å². The first-order chi connectivity index (χ1) is 18.8. The maximum absolute atomic E-state index is 13.4. The van der Waals surface area contributed by atoms with Crippen LogP contribution in [0.1, 0.15) is 41.2 Å². The fourth-order valence-electron chi connectivity index (χ4n) is 5.34. The molecule has 2 aliphatic rings. The van der Waals surface area contributed by atoms with Gasteiger partial charge in [-0.15, -0.1) is 0 Å². The highest BCUT2D eigenvalue weighted by Gasteiger charge is 2.42. The molecule has 1 aromatic heterocycles. The van der Waals surface area contributed by atoms with Gasteiger partial charge in [0.2, 0.25) is 5.27 Å². The van der Waals surface area contributed by atoms with Crippen molar-refractivity contribution in [3.63, 3.8) is 0 Å². The summed E-state index contributed by atoms with van der Waals surface area (Å²) in [6, 6.07) is 10.5. The normalized spacial score (nSPS) is 19.4. The summed E-state index contributed by atoms with van der Waals surface area (Å²) >= 11 is 0. The molecule has 208 valence electrons. The molecule has 3 aromatic rings. The van der Waals surface area contributed by atoms with Crippen LogP contribution < -0.4 is 24.6 Å². The second kappa shape index (κ2) is 11.2. The van der Waals surface area contributed by atoms with E-state index in [9.17, 15) is 4.79 Å². The first kappa shape index (κ1) is 27.0. The number of carbonyl (C=O) groups is 1. The third-order valence-electron chi connectivity index (χ3n) is 7.87. The molecule has 2 aliphatic heterocycles. The van der Waals surface area contributed by atoms with Gasteiger partial charge in [-0.05, 0) is 56.4 Å². The number of methoxy groups -OCH3 is 1. The van der Waals surface area contributed by atoms with Crippen LogP contribution in [0, 0.1) is 20.8 Å². The number of rotatable bonds is 8. The number of ether oxygens (including phenoxy) is 3. The summed E-state index contributed by atoms with van der Waals surface area (Å²) in [6.45, 7) is 12.4. The van der Waals surface area contributed by atoms with Crippen molar-refractivity contribution >= 4 is 11.8 Å². The molecule has 1 saturated heterocycles. The maximum Gasteiger partial charge on any atom is 0.305 e. The molecular formula is C29H38N5O5+. The van der Waals surface area contributed by atoms with Crippen LogP contribution in [0.2, 0.25) is 0 Å². The van der Waals surface area contributed by atoms with E-state index >= 15 is 0 Å². The molecule has 1 N–H and O–H groups in total. The first-order valence-electron chi connectivity index (χ1n) is 13.4. The van der Waals surface area contributed by atoms with Gasteiger partial charge in [0.25, 0.3) is 12.1 Å². The lowest BCUT2D eigenvalue weighted by atomic mass is 9.86. The van der Waals surface area contributed by atoms with Crippen LogP contribution in [-0.4, -0.2) is 61.8 Å². The number of anilines is 1. The van der Waals surface area contributed by atoms with Gasteiger partial charge in [-0.2, -0.15) is 5.01 Å². The van der Waals surface area contributed by atoms with Crippen molar-refractivity contribution in [2.75, 3.05) is 50.4 Å². The standard InChI is InChI=1S/C29H37N5O5/c1-20-21(2)27-24(22(3)26(20)37-19-36-5)11-12-29(4,38-27)28(35)30-25-18-34(31-39-25)33-15-13-32(14-16-33)17-23-9-7-6-8-10-23/h6-10,18H,11-17,19H2,1-5H3/p+1.